The van der Waals surface area contributed by atoms with Gasteiger partial charge in [-0.3, -0.25) is 0 Å². The van der Waals surface area contributed by atoms with Crippen LogP contribution in [0.15, 0.2) is 66.7 Å². The number of hydrogen-bond donors (Lipinski definition) is 0. The fraction of sp³-hybridized carbons (Fsp3) is 0.267. The molecule has 194 valence electrons. The number of halogens is 6. The molecule has 0 fully saturated rings. The lowest BCUT2D eigenvalue weighted by molar-refractivity contribution is -0.153. The Morgan fingerprint density at radius 3 is 2.08 bits per heavy atom. The van der Waals surface area contributed by atoms with Crippen molar-refractivity contribution in [2.24, 2.45) is 0 Å². The van der Waals surface area contributed by atoms with E-state index in [1.807, 2.05) is 6.92 Å². The number of unbranched alkanes of at least 4 members (excludes halogenated alkanes) is 1. The third kappa shape index (κ3) is 6.64. The molecule has 0 saturated carbocycles. The smallest absolute Gasteiger partial charge is 0.422 e. The van der Waals surface area contributed by atoms with Gasteiger partial charge in [0.15, 0.2) is 6.61 Å². The van der Waals surface area contributed by atoms with Crippen LogP contribution in [0.25, 0.3) is 21.9 Å². The second kappa shape index (κ2) is 11.3. The van der Waals surface area contributed by atoms with Gasteiger partial charge in [-0.25, -0.2) is 13.2 Å². The lowest BCUT2D eigenvalue weighted by Crippen LogP contribution is -2.19. The molecule has 0 N–H and O–H groups in total. The van der Waals surface area contributed by atoms with Crippen LogP contribution in [0.5, 0.6) is 5.75 Å². The second-order valence-corrected chi connectivity index (χ2v) is 9.06. The zero-order chi connectivity index (χ0) is 26.6. The maximum Gasteiger partial charge on any atom is 0.422 e. The number of hydrogen-bond acceptors (Lipinski definition) is 1. The standard InChI is InChI=1S/C30H26F6O/c1-2-3-4-20-15-26(31)28(27(32)16-20)23-11-14-25-22(17-23)10-9-21(29(25)33)8-5-19-6-12-24(13-7-19)37-18-30(34,35)36/h6-7,9-17H,2-5,8,18H2,1H3. The van der Waals surface area contributed by atoms with Crippen LogP contribution in [0.2, 0.25) is 0 Å². The van der Waals surface area contributed by atoms with E-state index in [2.05, 4.69) is 0 Å². The van der Waals surface area contributed by atoms with Gasteiger partial charge in [-0.1, -0.05) is 49.7 Å². The van der Waals surface area contributed by atoms with Gasteiger partial charge in [0, 0.05) is 5.39 Å². The summed E-state index contributed by atoms with van der Waals surface area (Å²) < 4.78 is 86.3. The summed E-state index contributed by atoms with van der Waals surface area (Å²) in [7, 11) is 0. The van der Waals surface area contributed by atoms with Crippen LogP contribution in [0.4, 0.5) is 26.3 Å². The van der Waals surface area contributed by atoms with Crippen molar-refractivity contribution >= 4 is 10.8 Å². The van der Waals surface area contributed by atoms with Crippen LogP contribution in [0, 0.1) is 17.5 Å². The summed E-state index contributed by atoms with van der Waals surface area (Å²) in [4.78, 5) is 0. The highest BCUT2D eigenvalue weighted by atomic mass is 19.4. The molecule has 0 aliphatic heterocycles. The first-order valence-electron chi connectivity index (χ1n) is 12.1. The van der Waals surface area contributed by atoms with Gasteiger partial charge in [-0.2, -0.15) is 13.2 Å². The summed E-state index contributed by atoms with van der Waals surface area (Å²) in [6.45, 7) is 0.651. The SMILES string of the molecule is CCCCc1cc(F)c(-c2ccc3c(F)c(CCc4ccc(OCC(F)(F)F)cc4)ccc3c2)c(F)c1. The van der Waals surface area contributed by atoms with Crippen LogP contribution >= 0.6 is 0 Å². The molecule has 0 heterocycles. The van der Waals surface area contributed by atoms with Crippen molar-refractivity contribution in [2.45, 2.75) is 45.2 Å². The average Bonchev–Trinajstić information content (AvgIpc) is 2.85. The average molecular weight is 517 g/mol. The lowest BCUT2D eigenvalue weighted by Gasteiger charge is -2.12. The summed E-state index contributed by atoms with van der Waals surface area (Å²) in [5.41, 5.74) is 2.11. The Morgan fingerprint density at radius 1 is 0.730 bits per heavy atom. The van der Waals surface area contributed by atoms with E-state index >= 15 is 4.39 Å². The largest absolute Gasteiger partial charge is 0.484 e. The van der Waals surface area contributed by atoms with Crippen molar-refractivity contribution in [1.82, 2.24) is 0 Å². The van der Waals surface area contributed by atoms with E-state index in [1.54, 1.807) is 30.3 Å². The monoisotopic (exact) mass is 516 g/mol. The molecule has 1 nitrogen and oxygen atoms in total. The molecule has 0 bridgehead atoms. The van der Waals surface area contributed by atoms with Gasteiger partial charge >= 0.3 is 6.18 Å². The zero-order valence-corrected chi connectivity index (χ0v) is 20.3. The molecule has 4 rings (SSSR count). The van der Waals surface area contributed by atoms with E-state index in [4.69, 9.17) is 4.74 Å². The van der Waals surface area contributed by atoms with Crippen molar-refractivity contribution < 1.29 is 31.1 Å². The first-order valence-corrected chi connectivity index (χ1v) is 12.1. The number of ether oxygens (including phenoxy) is 1. The first-order chi connectivity index (χ1) is 17.6. The van der Waals surface area contributed by atoms with E-state index in [1.165, 1.54) is 36.4 Å². The van der Waals surface area contributed by atoms with Crippen LogP contribution < -0.4 is 4.74 Å². The number of rotatable bonds is 9. The van der Waals surface area contributed by atoms with E-state index in [0.29, 0.717) is 46.7 Å². The molecule has 7 heteroatoms. The minimum Gasteiger partial charge on any atom is -0.484 e. The molecule has 0 spiro atoms. The second-order valence-electron chi connectivity index (χ2n) is 9.06. The Balaban J connectivity index is 1.49. The van der Waals surface area contributed by atoms with Crippen molar-refractivity contribution in [3.63, 3.8) is 0 Å². The normalized spacial score (nSPS) is 11.8. The van der Waals surface area contributed by atoms with Gasteiger partial charge in [-0.05, 0) is 83.7 Å². The van der Waals surface area contributed by atoms with E-state index in [-0.39, 0.29) is 11.3 Å². The molecule has 0 radical (unpaired) electrons. The number of fused-ring (bicyclic) bond motifs is 1. The first kappa shape index (κ1) is 26.6. The van der Waals surface area contributed by atoms with Crippen LogP contribution in [-0.2, 0) is 19.3 Å². The third-order valence-electron chi connectivity index (χ3n) is 6.25. The summed E-state index contributed by atoms with van der Waals surface area (Å²) in [5.74, 6) is -1.59. The predicted octanol–water partition coefficient (Wildman–Crippen LogP) is 8.99. The maximum atomic E-state index is 15.2. The Labute approximate surface area is 211 Å². The third-order valence-corrected chi connectivity index (χ3v) is 6.25. The summed E-state index contributed by atoms with van der Waals surface area (Å²) in [6.07, 6.45) is -1.19. The molecule has 0 aliphatic carbocycles. The van der Waals surface area contributed by atoms with E-state index < -0.39 is 30.2 Å². The highest BCUT2D eigenvalue weighted by molar-refractivity contribution is 5.88. The minimum atomic E-state index is -4.41. The molecule has 4 aromatic carbocycles. The lowest BCUT2D eigenvalue weighted by atomic mass is 9.95. The van der Waals surface area contributed by atoms with Gasteiger partial charge < -0.3 is 4.74 Å². The van der Waals surface area contributed by atoms with Crippen molar-refractivity contribution in [3.05, 3.63) is 101 Å². The predicted molar refractivity (Wildman–Crippen MR) is 133 cm³/mol. The molecule has 0 aliphatic rings. The van der Waals surface area contributed by atoms with Gasteiger partial charge in [0.05, 0.1) is 5.56 Å². The highest BCUT2D eigenvalue weighted by Crippen LogP contribution is 2.32. The summed E-state index contributed by atoms with van der Waals surface area (Å²) in [5, 5.41) is 0.872. The Morgan fingerprint density at radius 2 is 1.43 bits per heavy atom. The maximum absolute atomic E-state index is 15.2. The molecule has 0 saturated heterocycles. The molecular weight excluding hydrogens is 490 g/mol. The van der Waals surface area contributed by atoms with Crippen molar-refractivity contribution in [1.29, 1.82) is 0 Å². The summed E-state index contributed by atoms with van der Waals surface area (Å²) in [6, 6.07) is 16.9. The van der Waals surface area contributed by atoms with Gasteiger partial charge in [0.25, 0.3) is 0 Å². The number of alkyl halides is 3. The quantitative estimate of drug-likeness (QED) is 0.202. The molecule has 4 aromatic rings. The summed E-state index contributed by atoms with van der Waals surface area (Å²) >= 11 is 0. The van der Waals surface area contributed by atoms with Crippen molar-refractivity contribution in [2.75, 3.05) is 6.61 Å². The fourth-order valence-electron chi connectivity index (χ4n) is 4.31. The Bertz CT molecular complexity index is 1350. The minimum absolute atomic E-state index is 0.109. The van der Waals surface area contributed by atoms with Gasteiger partial charge in [0.2, 0.25) is 0 Å². The van der Waals surface area contributed by atoms with E-state index in [0.717, 1.165) is 18.4 Å². The van der Waals surface area contributed by atoms with E-state index in [9.17, 15) is 22.0 Å². The fourth-order valence-corrected chi connectivity index (χ4v) is 4.31. The number of benzene rings is 4. The molecule has 37 heavy (non-hydrogen) atoms. The molecular formula is C30H26F6O. The number of aryl methyl sites for hydroxylation is 3. The van der Waals surface area contributed by atoms with Gasteiger partial charge in [-0.15, -0.1) is 0 Å². The zero-order valence-electron chi connectivity index (χ0n) is 20.3. The van der Waals surface area contributed by atoms with Crippen LogP contribution in [-0.4, -0.2) is 12.8 Å². The van der Waals surface area contributed by atoms with Crippen molar-refractivity contribution in [3.8, 4) is 16.9 Å². The highest BCUT2D eigenvalue weighted by Gasteiger charge is 2.28. The van der Waals surface area contributed by atoms with Crippen LogP contribution in [0.3, 0.4) is 0 Å². The Hall–Kier alpha value is -3.48. The van der Waals surface area contributed by atoms with Gasteiger partial charge in [0.1, 0.15) is 23.2 Å². The van der Waals surface area contributed by atoms with Crippen LogP contribution in [0.1, 0.15) is 36.5 Å². The topological polar surface area (TPSA) is 9.23 Å². The molecule has 0 atom stereocenters. The molecule has 0 aromatic heterocycles. The molecule has 0 unspecified atom stereocenters. The Kier molecular flexibility index (Phi) is 8.10. The molecule has 0 amide bonds.